The SMILES string of the molecule is CCc1c(C)sc2nc(SCC(=O)c3ccc(OC)c(F)c3)n(CC3CCCO3)c(=O)c12. The molecule has 3 heterocycles. The van der Waals surface area contributed by atoms with Crippen molar-refractivity contribution in [1.29, 1.82) is 0 Å². The van der Waals surface area contributed by atoms with Crippen molar-refractivity contribution in [1.82, 2.24) is 9.55 Å². The van der Waals surface area contributed by atoms with Crippen LogP contribution in [0.1, 0.15) is 40.6 Å². The molecule has 1 saturated heterocycles. The lowest BCUT2D eigenvalue weighted by atomic mass is 10.1. The molecule has 3 aromatic rings. The fraction of sp³-hybridized carbons (Fsp3) is 0.435. The number of ether oxygens (including phenoxy) is 2. The van der Waals surface area contributed by atoms with Crippen molar-refractivity contribution in [2.45, 2.75) is 50.9 Å². The summed E-state index contributed by atoms with van der Waals surface area (Å²) in [4.78, 5) is 32.7. The molecule has 0 N–H and O–H groups in total. The summed E-state index contributed by atoms with van der Waals surface area (Å²) in [6.07, 6.45) is 2.58. The number of carbonyl (C=O) groups excluding carboxylic acids is 1. The number of fused-ring (bicyclic) bond motifs is 1. The lowest BCUT2D eigenvalue weighted by Crippen LogP contribution is -2.29. The van der Waals surface area contributed by atoms with Crippen molar-refractivity contribution < 1.29 is 18.7 Å². The van der Waals surface area contributed by atoms with Crippen LogP contribution < -0.4 is 10.3 Å². The number of thioether (sulfide) groups is 1. The van der Waals surface area contributed by atoms with Crippen LogP contribution in [0.25, 0.3) is 10.2 Å². The number of hydrogen-bond donors (Lipinski definition) is 0. The topological polar surface area (TPSA) is 70.4 Å². The van der Waals surface area contributed by atoms with Gasteiger partial charge >= 0.3 is 0 Å². The number of halogens is 1. The van der Waals surface area contributed by atoms with E-state index in [0.717, 1.165) is 29.7 Å². The second kappa shape index (κ2) is 9.72. The summed E-state index contributed by atoms with van der Waals surface area (Å²) in [6.45, 7) is 5.14. The molecule has 0 spiro atoms. The van der Waals surface area contributed by atoms with E-state index in [1.807, 2.05) is 13.8 Å². The minimum absolute atomic E-state index is 0.0394. The second-order valence-electron chi connectivity index (χ2n) is 7.68. The maximum Gasteiger partial charge on any atom is 0.263 e. The summed E-state index contributed by atoms with van der Waals surface area (Å²) in [5, 5.41) is 1.16. The average Bonchev–Trinajstić information content (AvgIpc) is 3.41. The standard InChI is InChI=1S/C23H25FN2O4S2/c1-4-16-13(2)32-21-20(16)22(28)26(11-15-6-5-9-30-15)23(25-21)31-12-18(27)14-7-8-19(29-3)17(24)10-14/h7-8,10,15H,4-6,9,11-12H2,1-3H3. The van der Waals surface area contributed by atoms with E-state index < -0.39 is 5.82 Å². The third kappa shape index (κ3) is 4.46. The van der Waals surface area contributed by atoms with Crippen LogP contribution in [0.3, 0.4) is 0 Å². The van der Waals surface area contributed by atoms with Crippen LogP contribution >= 0.6 is 23.1 Å². The zero-order chi connectivity index (χ0) is 22.8. The molecule has 32 heavy (non-hydrogen) atoms. The van der Waals surface area contributed by atoms with E-state index in [-0.39, 0.29) is 34.5 Å². The lowest BCUT2D eigenvalue weighted by Gasteiger charge is -2.16. The minimum atomic E-state index is -0.584. The number of Topliss-reactive ketones (excluding diaryl/α,β-unsaturated/α-hetero) is 1. The molecule has 0 amide bonds. The molecule has 1 aliphatic rings. The Morgan fingerprint density at radius 1 is 1.44 bits per heavy atom. The van der Waals surface area contributed by atoms with Gasteiger partial charge in [-0.15, -0.1) is 11.3 Å². The zero-order valence-electron chi connectivity index (χ0n) is 18.3. The number of methoxy groups -OCH3 is 1. The van der Waals surface area contributed by atoms with Crippen LogP contribution in [0.2, 0.25) is 0 Å². The normalized spacial score (nSPS) is 16.1. The van der Waals surface area contributed by atoms with Crippen LogP contribution in [-0.4, -0.2) is 40.9 Å². The predicted octanol–water partition coefficient (Wildman–Crippen LogP) is 4.63. The predicted molar refractivity (Wildman–Crippen MR) is 125 cm³/mol. The summed E-state index contributed by atoms with van der Waals surface area (Å²) in [7, 11) is 1.38. The number of thiophene rings is 1. The Labute approximate surface area is 193 Å². The van der Waals surface area contributed by atoms with Gasteiger partial charge in [-0.2, -0.15) is 0 Å². The van der Waals surface area contributed by atoms with Gasteiger partial charge in [0.2, 0.25) is 0 Å². The number of hydrogen-bond acceptors (Lipinski definition) is 7. The Morgan fingerprint density at radius 3 is 2.91 bits per heavy atom. The van der Waals surface area contributed by atoms with Crippen LogP contribution in [-0.2, 0) is 17.7 Å². The van der Waals surface area contributed by atoms with Gasteiger partial charge in [-0.3, -0.25) is 14.2 Å². The van der Waals surface area contributed by atoms with Crippen molar-refractivity contribution in [3.8, 4) is 5.75 Å². The molecule has 6 nitrogen and oxygen atoms in total. The molecular formula is C23H25FN2O4S2. The van der Waals surface area contributed by atoms with E-state index in [1.165, 1.54) is 48.4 Å². The van der Waals surface area contributed by atoms with E-state index in [0.29, 0.717) is 28.5 Å². The molecule has 1 aromatic carbocycles. The molecule has 0 bridgehead atoms. The number of carbonyl (C=O) groups is 1. The van der Waals surface area contributed by atoms with Gasteiger partial charge in [0.1, 0.15) is 4.83 Å². The first-order valence-electron chi connectivity index (χ1n) is 10.6. The van der Waals surface area contributed by atoms with Gasteiger partial charge < -0.3 is 9.47 Å². The molecule has 9 heteroatoms. The van der Waals surface area contributed by atoms with Gasteiger partial charge in [0, 0.05) is 17.0 Å². The Balaban J connectivity index is 1.66. The average molecular weight is 477 g/mol. The molecule has 2 aromatic heterocycles. The van der Waals surface area contributed by atoms with Crippen molar-refractivity contribution in [3.63, 3.8) is 0 Å². The summed E-state index contributed by atoms with van der Waals surface area (Å²) in [5.74, 6) is -0.697. The number of aromatic nitrogens is 2. The highest BCUT2D eigenvalue weighted by Gasteiger charge is 2.23. The monoisotopic (exact) mass is 476 g/mol. The van der Waals surface area contributed by atoms with Crippen LogP contribution in [0.4, 0.5) is 4.39 Å². The minimum Gasteiger partial charge on any atom is -0.494 e. The highest BCUT2D eigenvalue weighted by molar-refractivity contribution is 7.99. The fourth-order valence-corrected chi connectivity index (χ4v) is 6.03. The van der Waals surface area contributed by atoms with Gasteiger partial charge in [0.05, 0.1) is 30.9 Å². The highest BCUT2D eigenvalue weighted by Crippen LogP contribution is 2.30. The molecule has 0 saturated carbocycles. The number of benzene rings is 1. The van der Waals surface area contributed by atoms with Gasteiger partial charge in [-0.25, -0.2) is 9.37 Å². The van der Waals surface area contributed by atoms with Crippen LogP contribution in [0.5, 0.6) is 5.75 Å². The number of ketones is 1. The zero-order valence-corrected chi connectivity index (χ0v) is 19.9. The molecule has 1 atom stereocenters. The molecular weight excluding hydrogens is 451 g/mol. The van der Waals surface area contributed by atoms with Gasteiger partial charge in [0.15, 0.2) is 22.5 Å². The summed E-state index contributed by atoms with van der Waals surface area (Å²) < 4.78 is 26.3. The van der Waals surface area contributed by atoms with Crippen LogP contribution in [0.15, 0.2) is 28.2 Å². The highest BCUT2D eigenvalue weighted by atomic mass is 32.2. The maximum absolute atomic E-state index is 14.0. The van der Waals surface area contributed by atoms with E-state index in [9.17, 15) is 14.0 Å². The van der Waals surface area contributed by atoms with Crippen molar-refractivity contribution in [3.05, 3.63) is 50.4 Å². The summed E-state index contributed by atoms with van der Waals surface area (Å²) >= 11 is 2.70. The molecule has 4 rings (SSSR count). The third-order valence-electron chi connectivity index (χ3n) is 5.65. The summed E-state index contributed by atoms with van der Waals surface area (Å²) in [6, 6.07) is 4.15. The number of nitrogens with zero attached hydrogens (tertiary/aromatic N) is 2. The quantitative estimate of drug-likeness (QED) is 0.268. The third-order valence-corrected chi connectivity index (χ3v) is 7.67. The van der Waals surface area contributed by atoms with Crippen molar-refractivity contribution in [2.24, 2.45) is 0 Å². The molecule has 170 valence electrons. The maximum atomic E-state index is 14.0. The Bertz CT molecular complexity index is 1210. The largest absolute Gasteiger partial charge is 0.494 e. The van der Waals surface area contributed by atoms with Gasteiger partial charge in [0.25, 0.3) is 5.56 Å². The van der Waals surface area contributed by atoms with Crippen molar-refractivity contribution >= 4 is 39.1 Å². The van der Waals surface area contributed by atoms with Crippen LogP contribution in [0, 0.1) is 12.7 Å². The molecule has 0 radical (unpaired) electrons. The fourth-order valence-electron chi connectivity index (χ4n) is 3.97. The molecule has 1 unspecified atom stereocenters. The lowest BCUT2D eigenvalue weighted by molar-refractivity contribution is 0.0937. The van der Waals surface area contributed by atoms with E-state index in [4.69, 9.17) is 14.5 Å². The number of aryl methyl sites for hydroxylation is 2. The second-order valence-corrected chi connectivity index (χ2v) is 9.82. The Kier molecular flexibility index (Phi) is 6.97. The van der Waals surface area contributed by atoms with Crippen molar-refractivity contribution in [2.75, 3.05) is 19.5 Å². The van der Waals surface area contributed by atoms with E-state index in [1.54, 1.807) is 4.57 Å². The first-order valence-corrected chi connectivity index (χ1v) is 12.4. The van der Waals surface area contributed by atoms with E-state index in [2.05, 4.69) is 0 Å². The molecule has 0 aliphatic carbocycles. The molecule has 1 aliphatic heterocycles. The van der Waals surface area contributed by atoms with E-state index >= 15 is 0 Å². The smallest absolute Gasteiger partial charge is 0.263 e. The Morgan fingerprint density at radius 2 is 2.25 bits per heavy atom. The summed E-state index contributed by atoms with van der Waals surface area (Å²) in [5.41, 5.74) is 1.20. The van der Waals surface area contributed by atoms with Gasteiger partial charge in [-0.05, 0) is 49.9 Å². The Hall–Kier alpha value is -2.23. The first kappa shape index (κ1) is 22.9. The first-order chi connectivity index (χ1) is 15.4. The van der Waals surface area contributed by atoms with Gasteiger partial charge in [-0.1, -0.05) is 18.7 Å². The molecule has 1 fully saturated rings. The number of rotatable bonds is 8.